The molecule has 0 aliphatic heterocycles. The molecule has 2 amide bonds. The molecular weight excluding hydrogens is 445 g/mol. The highest BCUT2D eigenvalue weighted by Crippen LogP contribution is 2.29. The predicted molar refractivity (Wildman–Crippen MR) is 120 cm³/mol. The number of hydrogen-bond donors (Lipinski definition) is 2. The summed E-state index contributed by atoms with van der Waals surface area (Å²) < 4.78 is 5.62. The monoisotopic (exact) mass is 463 g/mol. The summed E-state index contributed by atoms with van der Waals surface area (Å²) in [4.78, 5) is 27.9. The molecule has 1 atom stereocenters. The Morgan fingerprint density at radius 3 is 2.57 bits per heavy atom. The lowest BCUT2D eigenvalue weighted by Gasteiger charge is -2.14. The average molecular weight is 464 g/mol. The molecule has 0 radical (unpaired) electrons. The van der Waals surface area contributed by atoms with E-state index >= 15 is 0 Å². The lowest BCUT2D eigenvalue weighted by atomic mass is 10.1. The van der Waals surface area contributed by atoms with Gasteiger partial charge in [-0.3, -0.25) is 14.9 Å². The number of benzene rings is 2. The smallest absolute Gasteiger partial charge is 0.266 e. The van der Waals surface area contributed by atoms with Gasteiger partial charge in [0.25, 0.3) is 5.91 Å². The van der Waals surface area contributed by atoms with Crippen LogP contribution in [0.15, 0.2) is 47.8 Å². The molecule has 0 fully saturated rings. The zero-order valence-corrected chi connectivity index (χ0v) is 18.6. The average Bonchev–Trinajstić information content (AvgIpc) is 3.17. The summed E-state index contributed by atoms with van der Waals surface area (Å²) in [6.07, 6.45) is -0.774. The Bertz CT molecular complexity index is 1050. The molecule has 3 rings (SSSR count). The van der Waals surface area contributed by atoms with Crippen molar-refractivity contribution in [3.05, 3.63) is 63.5 Å². The first-order valence-corrected chi connectivity index (χ1v) is 10.7. The normalized spacial score (nSPS) is 11.6. The van der Waals surface area contributed by atoms with Gasteiger partial charge in [0.1, 0.15) is 5.75 Å². The highest BCUT2D eigenvalue weighted by atomic mass is 35.5. The molecule has 0 bridgehead atoms. The van der Waals surface area contributed by atoms with Crippen LogP contribution in [0.2, 0.25) is 10.0 Å². The van der Waals surface area contributed by atoms with E-state index in [9.17, 15) is 9.59 Å². The van der Waals surface area contributed by atoms with Gasteiger partial charge in [-0.1, -0.05) is 47.5 Å². The lowest BCUT2D eigenvalue weighted by molar-refractivity contribution is -0.122. The van der Waals surface area contributed by atoms with Crippen molar-refractivity contribution in [1.82, 2.24) is 10.3 Å². The van der Waals surface area contributed by atoms with Crippen molar-refractivity contribution in [2.24, 2.45) is 0 Å². The number of anilines is 1. The summed E-state index contributed by atoms with van der Waals surface area (Å²) in [5, 5.41) is 8.66. The third kappa shape index (κ3) is 5.95. The van der Waals surface area contributed by atoms with Crippen LogP contribution < -0.4 is 15.4 Å². The minimum atomic E-state index is -0.774. The fourth-order valence-electron chi connectivity index (χ4n) is 2.51. The van der Waals surface area contributed by atoms with E-state index in [0.29, 0.717) is 27.5 Å². The molecule has 0 aliphatic rings. The number of nitrogens with zero attached hydrogens (tertiary/aromatic N) is 1. The van der Waals surface area contributed by atoms with Crippen molar-refractivity contribution in [1.29, 1.82) is 0 Å². The van der Waals surface area contributed by atoms with Crippen LogP contribution in [0.25, 0.3) is 11.3 Å². The predicted octanol–water partition coefficient (Wildman–Crippen LogP) is 5.16. The summed E-state index contributed by atoms with van der Waals surface area (Å²) in [5.74, 6) is -0.0361. The first-order chi connectivity index (χ1) is 14.3. The third-order valence-corrected chi connectivity index (χ3v) is 5.38. The molecule has 0 saturated heterocycles. The molecule has 2 N–H and O–H groups in total. The molecule has 2 aromatic carbocycles. The number of amides is 2. The quantitative estimate of drug-likeness (QED) is 0.506. The van der Waals surface area contributed by atoms with Crippen molar-refractivity contribution in [3.63, 3.8) is 0 Å². The van der Waals surface area contributed by atoms with Gasteiger partial charge in [0.15, 0.2) is 11.2 Å². The summed E-state index contributed by atoms with van der Waals surface area (Å²) in [5.41, 5.74) is 2.65. The van der Waals surface area contributed by atoms with E-state index in [1.807, 2.05) is 29.6 Å². The molecule has 1 unspecified atom stereocenters. The van der Waals surface area contributed by atoms with E-state index in [1.54, 1.807) is 25.1 Å². The van der Waals surface area contributed by atoms with E-state index in [0.717, 1.165) is 16.8 Å². The van der Waals surface area contributed by atoms with Gasteiger partial charge < -0.3 is 10.1 Å². The maximum atomic E-state index is 12.4. The van der Waals surface area contributed by atoms with E-state index in [2.05, 4.69) is 15.6 Å². The topological polar surface area (TPSA) is 80.3 Å². The Morgan fingerprint density at radius 1 is 1.17 bits per heavy atom. The molecule has 9 heteroatoms. The molecule has 1 aromatic heterocycles. The number of thiazole rings is 1. The van der Waals surface area contributed by atoms with Gasteiger partial charge >= 0.3 is 0 Å². The van der Waals surface area contributed by atoms with Crippen molar-refractivity contribution in [2.75, 3.05) is 5.32 Å². The Hall–Kier alpha value is -2.61. The van der Waals surface area contributed by atoms with Crippen molar-refractivity contribution >= 4 is 51.5 Å². The van der Waals surface area contributed by atoms with Gasteiger partial charge in [0.2, 0.25) is 5.91 Å². The second-order valence-corrected chi connectivity index (χ2v) is 8.17. The Kier molecular flexibility index (Phi) is 7.31. The molecule has 156 valence electrons. The number of hydrogen-bond acceptors (Lipinski definition) is 5. The van der Waals surface area contributed by atoms with Crippen LogP contribution in [-0.4, -0.2) is 22.9 Å². The Labute approximate surface area is 188 Å². The highest BCUT2D eigenvalue weighted by Gasteiger charge is 2.18. The maximum absolute atomic E-state index is 12.4. The van der Waals surface area contributed by atoms with E-state index in [1.165, 1.54) is 18.3 Å². The Balaban J connectivity index is 1.60. The largest absolute Gasteiger partial charge is 0.479 e. The molecular formula is C21H19Cl2N3O3S. The molecule has 0 aliphatic carbocycles. The molecule has 0 saturated carbocycles. The summed E-state index contributed by atoms with van der Waals surface area (Å²) in [6, 6.07) is 12.5. The minimum absolute atomic E-state index is 0.0736. The second kappa shape index (κ2) is 9.93. The standard InChI is InChI=1S/C21H19Cl2N3O3S/c1-12(29-19-8-7-16(22)9-17(19)23)20(28)26-21-25-18(11-30-21)15-5-3-14(4-6-15)10-24-13(2)27/h3-9,11-12H,10H2,1-2H3,(H,24,27)(H,25,26,28). The number of halogens is 2. The first-order valence-electron chi connectivity index (χ1n) is 9.03. The van der Waals surface area contributed by atoms with Gasteiger partial charge in [-0.05, 0) is 30.7 Å². The summed E-state index contributed by atoms with van der Waals surface area (Å²) in [7, 11) is 0. The van der Waals surface area contributed by atoms with Crippen LogP contribution in [0, 0.1) is 0 Å². The zero-order chi connectivity index (χ0) is 21.7. The molecule has 3 aromatic rings. The first kappa shape index (κ1) is 22.1. The SMILES string of the molecule is CC(=O)NCc1ccc(-c2csc(NC(=O)C(C)Oc3ccc(Cl)cc3Cl)n2)cc1. The summed E-state index contributed by atoms with van der Waals surface area (Å²) in [6.45, 7) is 3.58. The fraction of sp³-hybridized carbons (Fsp3) is 0.190. The van der Waals surface area contributed by atoms with Gasteiger partial charge in [0, 0.05) is 29.4 Å². The van der Waals surface area contributed by atoms with Crippen LogP contribution in [0.4, 0.5) is 5.13 Å². The highest BCUT2D eigenvalue weighted by molar-refractivity contribution is 7.14. The molecule has 0 spiro atoms. The number of ether oxygens (including phenoxy) is 1. The lowest BCUT2D eigenvalue weighted by Crippen LogP contribution is -2.30. The number of carbonyl (C=O) groups excluding carboxylic acids is 2. The number of rotatable bonds is 7. The second-order valence-electron chi connectivity index (χ2n) is 6.47. The van der Waals surface area contributed by atoms with Crippen molar-refractivity contribution in [3.8, 4) is 17.0 Å². The van der Waals surface area contributed by atoms with Crippen LogP contribution >= 0.6 is 34.5 Å². The van der Waals surface area contributed by atoms with Gasteiger partial charge in [-0.15, -0.1) is 11.3 Å². The van der Waals surface area contributed by atoms with E-state index in [-0.39, 0.29) is 11.8 Å². The number of aromatic nitrogens is 1. The van der Waals surface area contributed by atoms with Crippen molar-refractivity contribution < 1.29 is 14.3 Å². The maximum Gasteiger partial charge on any atom is 0.266 e. The number of carbonyl (C=O) groups is 2. The number of nitrogens with one attached hydrogen (secondary N) is 2. The molecule has 30 heavy (non-hydrogen) atoms. The van der Waals surface area contributed by atoms with Crippen LogP contribution in [-0.2, 0) is 16.1 Å². The van der Waals surface area contributed by atoms with E-state index < -0.39 is 6.10 Å². The van der Waals surface area contributed by atoms with Crippen LogP contribution in [0.3, 0.4) is 0 Å². The third-order valence-electron chi connectivity index (χ3n) is 4.09. The van der Waals surface area contributed by atoms with Crippen molar-refractivity contribution in [2.45, 2.75) is 26.5 Å². The van der Waals surface area contributed by atoms with Crippen LogP contribution in [0.5, 0.6) is 5.75 Å². The van der Waals surface area contributed by atoms with Crippen LogP contribution in [0.1, 0.15) is 19.4 Å². The summed E-state index contributed by atoms with van der Waals surface area (Å²) >= 11 is 13.3. The fourth-order valence-corrected chi connectivity index (χ4v) is 3.68. The van der Waals surface area contributed by atoms with Gasteiger partial charge in [-0.25, -0.2) is 4.98 Å². The zero-order valence-electron chi connectivity index (χ0n) is 16.2. The molecule has 6 nitrogen and oxygen atoms in total. The minimum Gasteiger partial charge on any atom is -0.479 e. The van der Waals surface area contributed by atoms with Gasteiger partial charge in [-0.2, -0.15) is 0 Å². The van der Waals surface area contributed by atoms with E-state index in [4.69, 9.17) is 27.9 Å². The molecule has 1 heterocycles. The Morgan fingerprint density at radius 2 is 1.90 bits per heavy atom. The van der Waals surface area contributed by atoms with Gasteiger partial charge in [0.05, 0.1) is 10.7 Å².